The zero-order chi connectivity index (χ0) is 15.0. The molecule has 1 atom stereocenters. The summed E-state index contributed by atoms with van der Waals surface area (Å²) in [7, 11) is 0. The van der Waals surface area contributed by atoms with Crippen LogP contribution in [0.2, 0.25) is 5.02 Å². The fourth-order valence-corrected chi connectivity index (χ4v) is 3.08. The molecule has 2 heteroatoms. The van der Waals surface area contributed by atoms with Gasteiger partial charge in [0, 0.05) is 5.02 Å². The summed E-state index contributed by atoms with van der Waals surface area (Å²) >= 11 is 6.04. The van der Waals surface area contributed by atoms with E-state index < -0.39 is 0 Å². The van der Waals surface area contributed by atoms with Crippen LogP contribution in [0.15, 0.2) is 24.3 Å². The molecule has 0 radical (unpaired) electrons. The molecule has 0 aliphatic heterocycles. The maximum atomic E-state index is 6.56. The molecule has 0 spiro atoms. The Hall–Kier alpha value is -1.31. The molecule has 2 aromatic carbocycles. The quantitative estimate of drug-likeness (QED) is 0.833. The lowest BCUT2D eigenvalue weighted by molar-refractivity contribution is 0.837. The highest BCUT2D eigenvalue weighted by molar-refractivity contribution is 6.30. The lowest BCUT2D eigenvalue weighted by Gasteiger charge is -2.22. The van der Waals surface area contributed by atoms with E-state index in [4.69, 9.17) is 17.3 Å². The fraction of sp³-hybridized carbons (Fsp3) is 0.333. The number of hydrogen-bond donors (Lipinski definition) is 1. The van der Waals surface area contributed by atoms with E-state index in [-0.39, 0.29) is 6.04 Å². The van der Waals surface area contributed by atoms with E-state index in [0.717, 1.165) is 16.1 Å². The second-order valence-corrected chi connectivity index (χ2v) is 6.09. The zero-order valence-electron chi connectivity index (χ0n) is 12.8. The Morgan fingerprint density at radius 1 is 0.850 bits per heavy atom. The van der Waals surface area contributed by atoms with E-state index in [0.29, 0.717) is 0 Å². The SMILES string of the molecule is Cc1cc(Cl)ccc1C(N)c1c(C)c(C)cc(C)c1C. The molecule has 2 aromatic rings. The van der Waals surface area contributed by atoms with Crippen LogP contribution >= 0.6 is 11.6 Å². The zero-order valence-corrected chi connectivity index (χ0v) is 13.6. The molecule has 0 amide bonds. The summed E-state index contributed by atoms with van der Waals surface area (Å²) in [6.07, 6.45) is 0. The van der Waals surface area contributed by atoms with Gasteiger partial charge < -0.3 is 5.73 Å². The average molecular weight is 288 g/mol. The molecule has 0 aliphatic rings. The van der Waals surface area contributed by atoms with Gasteiger partial charge in [0.15, 0.2) is 0 Å². The van der Waals surface area contributed by atoms with Gasteiger partial charge in [0.2, 0.25) is 0 Å². The minimum absolute atomic E-state index is 0.106. The molecule has 1 unspecified atom stereocenters. The van der Waals surface area contributed by atoms with Crippen molar-refractivity contribution in [2.24, 2.45) is 5.73 Å². The van der Waals surface area contributed by atoms with Gasteiger partial charge in [-0.1, -0.05) is 23.7 Å². The van der Waals surface area contributed by atoms with E-state index in [1.54, 1.807) is 0 Å². The van der Waals surface area contributed by atoms with E-state index in [9.17, 15) is 0 Å². The molecule has 0 saturated heterocycles. The largest absolute Gasteiger partial charge is 0.320 e. The van der Waals surface area contributed by atoms with Crippen molar-refractivity contribution in [1.29, 1.82) is 0 Å². The van der Waals surface area contributed by atoms with Crippen LogP contribution in [0.4, 0.5) is 0 Å². The summed E-state index contributed by atoms with van der Waals surface area (Å²) in [5, 5.41) is 0.757. The number of nitrogens with two attached hydrogens (primary N) is 1. The number of halogens is 1. The van der Waals surface area contributed by atoms with Gasteiger partial charge in [-0.15, -0.1) is 0 Å². The van der Waals surface area contributed by atoms with Crippen molar-refractivity contribution >= 4 is 11.6 Å². The van der Waals surface area contributed by atoms with Gasteiger partial charge in [-0.05, 0) is 85.7 Å². The van der Waals surface area contributed by atoms with Crippen LogP contribution in [0, 0.1) is 34.6 Å². The Morgan fingerprint density at radius 2 is 1.40 bits per heavy atom. The molecule has 2 rings (SSSR count). The van der Waals surface area contributed by atoms with Crippen molar-refractivity contribution in [3.8, 4) is 0 Å². The summed E-state index contributed by atoms with van der Waals surface area (Å²) in [6, 6.07) is 8.06. The third-order valence-corrected chi connectivity index (χ3v) is 4.54. The fourth-order valence-electron chi connectivity index (χ4n) is 2.86. The molecule has 0 aromatic heterocycles. The van der Waals surface area contributed by atoms with Gasteiger partial charge in [-0.25, -0.2) is 0 Å². The Balaban J connectivity index is 2.62. The summed E-state index contributed by atoms with van der Waals surface area (Å²) in [5.74, 6) is 0. The maximum Gasteiger partial charge on any atom is 0.0559 e. The first-order chi connectivity index (χ1) is 9.32. The highest BCUT2D eigenvalue weighted by Crippen LogP contribution is 2.32. The Kier molecular flexibility index (Phi) is 4.22. The molecule has 20 heavy (non-hydrogen) atoms. The summed E-state index contributed by atoms with van der Waals surface area (Å²) in [4.78, 5) is 0. The van der Waals surface area contributed by atoms with Crippen LogP contribution in [-0.4, -0.2) is 0 Å². The van der Waals surface area contributed by atoms with E-state index in [1.807, 2.05) is 18.2 Å². The van der Waals surface area contributed by atoms with Gasteiger partial charge in [-0.2, -0.15) is 0 Å². The van der Waals surface area contributed by atoms with Crippen molar-refractivity contribution in [3.05, 3.63) is 68.2 Å². The number of rotatable bonds is 2. The third kappa shape index (κ3) is 2.61. The molecule has 106 valence electrons. The van der Waals surface area contributed by atoms with Crippen molar-refractivity contribution < 1.29 is 0 Å². The average Bonchev–Trinajstić information content (AvgIpc) is 2.36. The van der Waals surface area contributed by atoms with E-state index in [2.05, 4.69) is 40.7 Å². The minimum Gasteiger partial charge on any atom is -0.320 e. The molecule has 0 heterocycles. The van der Waals surface area contributed by atoms with Gasteiger partial charge >= 0.3 is 0 Å². The smallest absolute Gasteiger partial charge is 0.0559 e. The number of hydrogen-bond acceptors (Lipinski definition) is 1. The Morgan fingerprint density at radius 3 is 1.90 bits per heavy atom. The lowest BCUT2D eigenvalue weighted by Crippen LogP contribution is -2.17. The first-order valence-electron chi connectivity index (χ1n) is 6.92. The normalized spacial score (nSPS) is 12.6. The van der Waals surface area contributed by atoms with Crippen LogP contribution in [0.1, 0.15) is 45.0 Å². The molecular weight excluding hydrogens is 266 g/mol. The standard InChI is InChI=1S/C18H22ClN/c1-10-8-11(2)14(5)17(13(10)4)18(20)16-7-6-15(19)9-12(16)3/h6-9,18H,20H2,1-5H3. The molecule has 0 aliphatic carbocycles. The predicted octanol–water partition coefficient (Wildman–Crippen LogP) is 4.93. The van der Waals surface area contributed by atoms with Crippen molar-refractivity contribution in [1.82, 2.24) is 0 Å². The van der Waals surface area contributed by atoms with Crippen molar-refractivity contribution in [2.45, 2.75) is 40.7 Å². The highest BCUT2D eigenvalue weighted by atomic mass is 35.5. The van der Waals surface area contributed by atoms with Crippen molar-refractivity contribution in [3.63, 3.8) is 0 Å². The van der Waals surface area contributed by atoms with Gasteiger partial charge in [0.1, 0.15) is 0 Å². The molecule has 2 N–H and O–H groups in total. The van der Waals surface area contributed by atoms with Gasteiger partial charge in [0.05, 0.1) is 6.04 Å². The lowest BCUT2D eigenvalue weighted by atomic mass is 9.86. The van der Waals surface area contributed by atoms with Crippen LogP contribution in [0.25, 0.3) is 0 Å². The van der Waals surface area contributed by atoms with Gasteiger partial charge in [-0.3, -0.25) is 0 Å². The summed E-state index contributed by atoms with van der Waals surface area (Å²) in [5.41, 5.74) is 15.3. The first-order valence-corrected chi connectivity index (χ1v) is 7.29. The number of benzene rings is 2. The molecule has 0 bridgehead atoms. The minimum atomic E-state index is -0.106. The van der Waals surface area contributed by atoms with Gasteiger partial charge in [0.25, 0.3) is 0 Å². The van der Waals surface area contributed by atoms with Crippen LogP contribution in [0.3, 0.4) is 0 Å². The van der Waals surface area contributed by atoms with Crippen LogP contribution in [-0.2, 0) is 0 Å². The second-order valence-electron chi connectivity index (χ2n) is 5.65. The second kappa shape index (κ2) is 5.59. The summed E-state index contributed by atoms with van der Waals surface area (Å²) in [6.45, 7) is 10.7. The topological polar surface area (TPSA) is 26.0 Å². The summed E-state index contributed by atoms with van der Waals surface area (Å²) < 4.78 is 0. The Labute approximate surface area is 126 Å². The van der Waals surface area contributed by atoms with Crippen LogP contribution in [0.5, 0.6) is 0 Å². The third-order valence-electron chi connectivity index (χ3n) is 4.30. The number of aryl methyl sites for hydroxylation is 3. The molecular formula is C18H22ClN. The van der Waals surface area contributed by atoms with Crippen molar-refractivity contribution in [2.75, 3.05) is 0 Å². The predicted molar refractivity (Wildman–Crippen MR) is 87.6 cm³/mol. The van der Waals surface area contributed by atoms with Crippen LogP contribution < -0.4 is 5.73 Å². The Bertz CT molecular complexity index is 633. The van der Waals surface area contributed by atoms with E-state index in [1.165, 1.54) is 27.8 Å². The van der Waals surface area contributed by atoms with E-state index >= 15 is 0 Å². The maximum absolute atomic E-state index is 6.56. The monoisotopic (exact) mass is 287 g/mol. The molecule has 0 saturated carbocycles. The highest BCUT2D eigenvalue weighted by Gasteiger charge is 2.18. The molecule has 1 nitrogen and oxygen atoms in total. The first kappa shape index (κ1) is 15.1. The molecule has 0 fully saturated rings.